The summed E-state index contributed by atoms with van der Waals surface area (Å²) in [5, 5.41) is 14.2. The Labute approximate surface area is 110 Å². The van der Waals surface area contributed by atoms with Crippen molar-refractivity contribution in [1.29, 1.82) is 0 Å². The van der Waals surface area contributed by atoms with Gasteiger partial charge in [-0.05, 0) is 20.8 Å². The van der Waals surface area contributed by atoms with Gasteiger partial charge in [-0.2, -0.15) is 0 Å². The summed E-state index contributed by atoms with van der Waals surface area (Å²) in [6.45, 7) is 5.98. The largest absolute Gasteiger partial charge is 0.477 e. The zero-order valence-electron chi connectivity index (χ0n) is 11.1. The van der Waals surface area contributed by atoms with E-state index < -0.39 is 17.7 Å². The van der Waals surface area contributed by atoms with Crippen molar-refractivity contribution in [2.24, 2.45) is 0 Å². The number of furan rings is 1. The van der Waals surface area contributed by atoms with Crippen LogP contribution in [0.5, 0.6) is 0 Å². The number of carbonyl (C=O) groups is 2. The second-order valence-electron chi connectivity index (χ2n) is 4.86. The molecule has 1 amide bonds. The standard InChI is InChI=1S/C12H18N2O5/c1-12(2,3)19-11(17)14-5-4-13-9-7-18-6-8(9)10(15)16/h6-7,13H,4-5H2,1-3H3,(H,14,17)(H,15,16). The van der Waals surface area contributed by atoms with Crippen LogP contribution in [-0.2, 0) is 4.74 Å². The Bertz CT molecular complexity index is 447. The SMILES string of the molecule is CC(C)(C)OC(=O)NCCNc1cocc1C(=O)O. The fourth-order valence-electron chi connectivity index (χ4n) is 1.28. The Hall–Kier alpha value is -2.18. The zero-order chi connectivity index (χ0) is 14.5. The van der Waals surface area contributed by atoms with Crippen LogP contribution in [0.3, 0.4) is 0 Å². The van der Waals surface area contributed by atoms with E-state index in [0.29, 0.717) is 18.8 Å². The van der Waals surface area contributed by atoms with Gasteiger partial charge in [0.1, 0.15) is 23.7 Å². The van der Waals surface area contributed by atoms with E-state index in [2.05, 4.69) is 10.6 Å². The van der Waals surface area contributed by atoms with Crippen LogP contribution in [0.2, 0.25) is 0 Å². The van der Waals surface area contributed by atoms with E-state index in [1.807, 2.05) is 0 Å². The first-order chi connectivity index (χ1) is 8.79. The van der Waals surface area contributed by atoms with Crippen LogP contribution >= 0.6 is 0 Å². The molecule has 3 N–H and O–H groups in total. The number of carbonyl (C=O) groups excluding carboxylic acids is 1. The number of carboxylic acids is 1. The summed E-state index contributed by atoms with van der Waals surface area (Å²) < 4.78 is 9.84. The maximum Gasteiger partial charge on any atom is 0.407 e. The highest BCUT2D eigenvalue weighted by Crippen LogP contribution is 2.15. The molecule has 0 saturated carbocycles. The lowest BCUT2D eigenvalue weighted by molar-refractivity contribution is 0.0529. The Balaban J connectivity index is 2.30. The first-order valence-corrected chi connectivity index (χ1v) is 5.80. The molecule has 0 saturated heterocycles. The van der Waals surface area contributed by atoms with Gasteiger partial charge in [-0.25, -0.2) is 9.59 Å². The third kappa shape index (κ3) is 5.33. The number of alkyl carbamates (subject to hydrolysis) is 1. The van der Waals surface area contributed by atoms with Crippen LogP contribution in [0.15, 0.2) is 16.9 Å². The van der Waals surface area contributed by atoms with Gasteiger partial charge in [0.05, 0.1) is 5.69 Å². The fourth-order valence-corrected chi connectivity index (χ4v) is 1.28. The Morgan fingerprint density at radius 2 is 2.00 bits per heavy atom. The third-order valence-electron chi connectivity index (χ3n) is 2.00. The summed E-state index contributed by atoms with van der Waals surface area (Å²) >= 11 is 0. The highest BCUT2D eigenvalue weighted by molar-refractivity contribution is 5.93. The van der Waals surface area contributed by atoms with E-state index in [1.165, 1.54) is 6.26 Å². The predicted octanol–water partition coefficient (Wildman–Crippen LogP) is 1.91. The number of hydrogen-bond acceptors (Lipinski definition) is 5. The number of anilines is 1. The molecule has 1 aromatic rings. The lowest BCUT2D eigenvalue weighted by Crippen LogP contribution is -2.35. The van der Waals surface area contributed by atoms with Crippen LogP contribution in [0.25, 0.3) is 0 Å². The van der Waals surface area contributed by atoms with Gasteiger partial charge in [0.2, 0.25) is 0 Å². The number of hydrogen-bond donors (Lipinski definition) is 3. The normalized spacial score (nSPS) is 10.9. The Kier molecular flexibility index (Phi) is 4.80. The first-order valence-electron chi connectivity index (χ1n) is 5.80. The van der Waals surface area contributed by atoms with Crippen molar-refractivity contribution in [3.63, 3.8) is 0 Å². The second kappa shape index (κ2) is 6.12. The molecule has 19 heavy (non-hydrogen) atoms. The maximum absolute atomic E-state index is 11.3. The number of nitrogens with one attached hydrogen (secondary N) is 2. The molecule has 1 heterocycles. The zero-order valence-corrected chi connectivity index (χ0v) is 11.1. The van der Waals surface area contributed by atoms with Gasteiger partial charge >= 0.3 is 12.1 Å². The quantitative estimate of drug-likeness (QED) is 0.706. The number of rotatable bonds is 5. The van der Waals surface area contributed by atoms with Gasteiger partial charge in [-0.15, -0.1) is 0 Å². The molecule has 7 heteroatoms. The highest BCUT2D eigenvalue weighted by Gasteiger charge is 2.16. The van der Waals surface area contributed by atoms with Crippen molar-refractivity contribution in [2.75, 3.05) is 18.4 Å². The van der Waals surface area contributed by atoms with E-state index >= 15 is 0 Å². The van der Waals surface area contributed by atoms with Gasteiger partial charge in [-0.1, -0.05) is 0 Å². The molecule has 0 atom stereocenters. The molecule has 7 nitrogen and oxygen atoms in total. The monoisotopic (exact) mass is 270 g/mol. The van der Waals surface area contributed by atoms with Crippen molar-refractivity contribution in [3.8, 4) is 0 Å². The van der Waals surface area contributed by atoms with Gasteiger partial charge in [0, 0.05) is 13.1 Å². The number of ether oxygens (including phenoxy) is 1. The summed E-state index contributed by atoms with van der Waals surface area (Å²) in [4.78, 5) is 22.1. The molecule has 1 aromatic heterocycles. The van der Waals surface area contributed by atoms with E-state index in [-0.39, 0.29) is 5.56 Å². The van der Waals surface area contributed by atoms with Gasteiger partial charge in [0.25, 0.3) is 0 Å². The number of amides is 1. The van der Waals surface area contributed by atoms with Gasteiger partial charge < -0.3 is 24.9 Å². The minimum absolute atomic E-state index is 0.0530. The summed E-state index contributed by atoms with van der Waals surface area (Å²) in [5.74, 6) is -1.07. The fraction of sp³-hybridized carbons (Fsp3) is 0.500. The maximum atomic E-state index is 11.3. The second-order valence-corrected chi connectivity index (χ2v) is 4.86. The van der Waals surface area contributed by atoms with E-state index in [1.54, 1.807) is 20.8 Å². The molecule has 0 radical (unpaired) electrons. The molecule has 0 aliphatic heterocycles. The van der Waals surface area contributed by atoms with Crippen LogP contribution < -0.4 is 10.6 Å². The molecule has 0 unspecified atom stereocenters. The summed E-state index contributed by atoms with van der Waals surface area (Å²) in [6, 6.07) is 0. The van der Waals surface area contributed by atoms with Crippen molar-refractivity contribution in [1.82, 2.24) is 5.32 Å². The van der Waals surface area contributed by atoms with E-state index in [0.717, 1.165) is 6.26 Å². The van der Waals surface area contributed by atoms with Crippen molar-refractivity contribution >= 4 is 17.7 Å². The minimum Gasteiger partial charge on any atom is -0.477 e. The van der Waals surface area contributed by atoms with Crippen LogP contribution in [0, 0.1) is 0 Å². The molecular weight excluding hydrogens is 252 g/mol. The van der Waals surface area contributed by atoms with E-state index in [9.17, 15) is 9.59 Å². The summed E-state index contributed by atoms with van der Waals surface area (Å²) in [6.07, 6.45) is 1.93. The third-order valence-corrected chi connectivity index (χ3v) is 2.00. The van der Waals surface area contributed by atoms with Crippen molar-refractivity contribution in [3.05, 3.63) is 18.1 Å². The smallest absolute Gasteiger partial charge is 0.407 e. The van der Waals surface area contributed by atoms with Crippen molar-refractivity contribution in [2.45, 2.75) is 26.4 Å². The lowest BCUT2D eigenvalue weighted by Gasteiger charge is -2.19. The molecule has 0 bridgehead atoms. The number of carboxylic acid groups (broad SMARTS) is 1. The molecule has 1 rings (SSSR count). The van der Waals surface area contributed by atoms with Crippen molar-refractivity contribution < 1.29 is 23.8 Å². The van der Waals surface area contributed by atoms with Crippen LogP contribution in [0.1, 0.15) is 31.1 Å². The van der Waals surface area contributed by atoms with E-state index in [4.69, 9.17) is 14.3 Å². The summed E-state index contributed by atoms with van der Waals surface area (Å²) in [5.41, 5.74) is -0.116. The molecule has 0 spiro atoms. The minimum atomic E-state index is -1.07. The molecular formula is C12H18N2O5. The topological polar surface area (TPSA) is 101 Å². The van der Waals surface area contributed by atoms with Gasteiger partial charge in [0.15, 0.2) is 0 Å². The molecule has 0 fully saturated rings. The lowest BCUT2D eigenvalue weighted by atomic mass is 10.2. The predicted molar refractivity (Wildman–Crippen MR) is 68.4 cm³/mol. The van der Waals surface area contributed by atoms with Crippen LogP contribution in [0.4, 0.5) is 10.5 Å². The Morgan fingerprint density at radius 1 is 1.32 bits per heavy atom. The summed E-state index contributed by atoms with van der Waals surface area (Å²) in [7, 11) is 0. The Morgan fingerprint density at radius 3 is 2.58 bits per heavy atom. The molecule has 106 valence electrons. The average molecular weight is 270 g/mol. The number of aromatic carboxylic acids is 1. The molecule has 0 aliphatic carbocycles. The highest BCUT2D eigenvalue weighted by atomic mass is 16.6. The molecule has 0 aliphatic rings. The molecule has 0 aromatic carbocycles. The van der Waals surface area contributed by atoms with Crippen LogP contribution in [-0.4, -0.2) is 35.9 Å². The average Bonchev–Trinajstić information content (AvgIpc) is 2.70. The first kappa shape index (κ1) is 14.9. The van der Waals surface area contributed by atoms with Gasteiger partial charge in [-0.3, -0.25) is 0 Å².